The first-order chi connectivity index (χ1) is 7.93. The summed E-state index contributed by atoms with van der Waals surface area (Å²) in [4.78, 5) is 0. The van der Waals surface area contributed by atoms with Gasteiger partial charge in [0.2, 0.25) is 0 Å². The van der Waals surface area contributed by atoms with Crippen molar-refractivity contribution in [3.05, 3.63) is 0 Å². The second-order valence-electron chi connectivity index (χ2n) is 4.29. The van der Waals surface area contributed by atoms with Gasteiger partial charge in [-0.05, 0) is 38.1 Å². The topological polar surface area (TPSA) is 33.3 Å². The fourth-order valence-electron chi connectivity index (χ4n) is 1.87. The third-order valence-electron chi connectivity index (χ3n) is 2.84. The van der Waals surface area contributed by atoms with Crippen molar-refractivity contribution in [3.8, 4) is 0 Å². The van der Waals surface area contributed by atoms with E-state index >= 15 is 0 Å². The first-order valence-electron chi connectivity index (χ1n) is 6.45. The minimum Gasteiger partial charge on any atom is -0.383 e. The molecule has 0 bridgehead atoms. The van der Waals surface area contributed by atoms with E-state index in [2.05, 4.69) is 22.4 Å². The fourth-order valence-corrected chi connectivity index (χ4v) is 3.14. The van der Waals surface area contributed by atoms with Crippen LogP contribution in [0.1, 0.15) is 25.7 Å². The summed E-state index contributed by atoms with van der Waals surface area (Å²) in [6, 6.07) is 0. The molecule has 2 N–H and O–H groups in total. The molecule has 1 aliphatic heterocycles. The van der Waals surface area contributed by atoms with Crippen molar-refractivity contribution in [1.29, 1.82) is 0 Å². The highest BCUT2D eigenvalue weighted by Gasteiger charge is 2.12. The molecular formula is C12H26N2OS. The Hall–Kier alpha value is 0.230. The smallest absolute Gasteiger partial charge is 0.0587 e. The molecule has 1 unspecified atom stereocenters. The number of hydrogen-bond donors (Lipinski definition) is 2. The molecule has 96 valence electrons. The molecule has 1 aliphatic rings. The maximum Gasteiger partial charge on any atom is 0.0587 e. The summed E-state index contributed by atoms with van der Waals surface area (Å²) in [5.74, 6) is 1.37. The monoisotopic (exact) mass is 246 g/mol. The van der Waals surface area contributed by atoms with Crippen molar-refractivity contribution in [2.75, 3.05) is 45.6 Å². The summed E-state index contributed by atoms with van der Waals surface area (Å²) >= 11 is 2.14. The standard InChI is InChI=1S/C12H26N2OS/c1-15-9-8-13-6-4-7-14-11-12-5-2-3-10-16-12/h12-14H,2-11H2,1H3. The van der Waals surface area contributed by atoms with Gasteiger partial charge < -0.3 is 15.4 Å². The average Bonchev–Trinajstić information content (AvgIpc) is 2.34. The lowest BCUT2D eigenvalue weighted by molar-refractivity contribution is 0.199. The molecule has 0 spiro atoms. The molecule has 4 heteroatoms. The maximum absolute atomic E-state index is 4.97. The van der Waals surface area contributed by atoms with Gasteiger partial charge in [0, 0.05) is 25.4 Å². The van der Waals surface area contributed by atoms with E-state index in [1.54, 1.807) is 7.11 Å². The van der Waals surface area contributed by atoms with E-state index in [0.29, 0.717) is 0 Å². The van der Waals surface area contributed by atoms with Gasteiger partial charge in [0.15, 0.2) is 0 Å². The van der Waals surface area contributed by atoms with Crippen LogP contribution in [0.3, 0.4) is 0 Å². The molecule has 1 rings (SSSR count). The fraction of sp³-hybridized carbons (Fsp3) is 1.00. The maximum atomic E-state index is 4.97. The Labute approximate surface area is 104 Å². The van der Waals surface area contributed by atoms with Crippen LogP contribution >= 0.6 is 11.8 Å². The van der Waals surface area contributed by atoms with Crippen LogP contribution < -0.4 is 10.6 Å². The Bertz CT molecular complexity index is 152. The van der Waals surface area contributed by atoms with Crippen molar-refractivity contribution in [2.45, 2.75) is 30.9 Å². The van der Waals surface area contributed by atoms with E-state index in [1.807, 2.05) is 0 Å². The highest BCUT2D eigenvalue weighted by Crippen LogP contribution is 2.24. The van der Waals surface area contributed by atoms with Crippen molar-refractivity contribution >= 4 is 11.8 Å². The van der Waals surface area contributed by atoms with Crippen LogP contribution in [0.4, 0.5) is 0 Å². The summed E-state index contributed by atoms with van der Waals surface area (Å²) in [6.45, 7) is 5.20. The molecule has 0 radical (unpaired) electrons. The van der Waals surface area contributed by atoms with Crippen LogP contribution in [0.25, 0.3) is 0 Å². The van der Waals surface area contributed by atoms with Gasteiger partial charge in [0.25, 0.3) is 0 Å². The minimum absolute atomic E-state index is 0.812. The normalized spacial score (nSPS) is 21.2. The van der Waals surface area contributed by atoms with Crippen molar-refractivity contribution in [1.82, 2.24) is 10.6 Å². The van der Waals surface area contributed by atoms with Crippen molar-refractivity contribution in [3.63, 3.8) is 0 Å². The number of methoxy groups -OCH3 is 1. The number of ether oxygens (including phenoxy) is 1. The predicted octanol–water partition coefficient (Wildman–Crippen LogP) is 1.49. The summed E-state index contributed by atoms with van der Waals surface area (Å²) < 4.78 is 4.97. The molecule has 3 nitrogen and oxygen atoms in total. The zero-order valence-corrected chi connectivity index (χ0v) is 11.3. The van der Waals surface area contributed by atoms with E-state index in [9.17, 15) is 0 Å². The first kappa shape index (κ1) is 14.3. The highest BCUT2D eigenvalue weighted by atomic mass is 32.2. The average molecular weight is 246 g/mol. The molecule has 1 fully saturated rings. The Morgan fingerprint density at radius 1 is 1.19 bits per heavy atom. The SMILES string of the molecule is COCCNCCCNCC1CCCCS1. The second kappa shape index (κ2) is 10.4. The van der Waals surface area contributed by atoms with Gasteiger partial charge in [0.05, 0.1) is 6.61 Å². The Morgan fingerprint density at radius 2 is 2.06 bits per heavy atom. The summed E-state index contributed by atoms with van der Waals surface area (Å²) in [7, 11) is 1.74. The number of nitrogens with one attached hydrogen (secondary N) is 2. The zero-order chi connectivity index (χ0) is 11.5. The second-order valence-corrected chi connectivity index (χ2v) is 5.70. The lowest BCUT2D eigenvalue weighted by Gasteiger charge is -2.21. The molecule has 1 saturated heterocycles. The third kappa shape index (κ3) is 7.49. The van der Waals surface area contributed by atoms with E-state index in [-0.39, 0.29) is 0 Å². The van der Waals surface area contributed by atoms with Gasteiger partial charge in [0.1, 0.15) is 0 Å². The summed E-state index contributed by atoms with van der Waals surface area (Å²) in [5, 5.41) is 7.78. The van der Waals surface area contributed by atoms with Gasteiger partial charge >= 0.3 is 0 Å². The highest BCUT2D eigenvalue weighted by molar-refractivity contribution is 7.99. The van der Waals surface area contributed by atoms with Crippen LogP contribution in [0.15, 0.2) is 0 Å². The molecule has 1 atom stereocenters. The van der Waals surface area contributed by atoms with Gasteiger partial charge in [-0.2, -0.15) is 11.8 Å². The Morgan fingerprint density at radius 3 is 2.81 bits per heavy atom. The molecule has 0 amide bonds. The molecule has 0 aliphatic carbocycles. The van der Waals surface area contributed by atoms with Crippen molar-refractivity contribution in [2.24, 2.45) is 0 Å². The number of hydrogen-bond acceptors (Lipinski definition) is 4. The molecule has 1 heterocycles. The van der Waals surface area contributed by atoms with Crippen molar-refractivity contribution < 1.29 is 4.74 Å². The Kier molecular flexibility index (Phi) is 9.28. The number of thioether (sulfide) groups is 1. The van der Waals surface area contributed by atoms with Crippen LogP contribution in [0.5, 0.6) is 0 Å². The third-order valence-corrected chi connectivity index (χ3v) is 4.23. The molecule has 0 saturated carbocycles. The lowest BCUT2D eigenvalue weighted by Crippen LogP contribution is -2.29. The van der Waals surface area contributed by atoms with Gasteiger partial charge in [-0.25, -0.2) is 0 Å². The lowest BCUT2D eigenvalue weighted by atomic mass is 10.2. The van der Waals surface area contributed by atoms with E-state index < -0.39 is 0 Å². The van der Waals surface area contributed by atoms with E-state index in [0.717, 1.165) is 31.5 Å². The molecule has 0 aromatic carbocycles. The minimum atomic E-state index is 0.812. The molecule has 0 aromatic rings. The van der Waals surface area contributed by atoms with Gasteiger partial charge in [-0.3, -0.25) is 0 Å². The molecule has 0 aromatic heterocycles. The van der Waals surface area contributed by atoms with Crippen LogP contribution in [0, 0.1) is 0 Å². The first-order valence-corrected chi connectivity index (χ1v) is 7.50. The largest absolute Gasteiger partial charge is 0.383 e. The Balaban J connectivity index is 1.77. The zero-order valence-electron chi connectivity index (χ0n) is 10.5. The summed E-state index contributed by atoms with van der Waals surface area (Å²) in [5.41, 5.74) is 0. The molecule has 16 heavy (non-hydrogen) atoms. The van der Waals surface area contributed by atoms with Gasteiger partial charge in [-0.15, -0.1) is 0 Å². The van der Waals surface area contributed by atoms with Crippen LogP contribution in [0.2, 0.25) is 0 Å². The summed E-state index contributed by atoms with van der Waals surface area (Å²) in [6.07, 6.45) is 5.47. The van der Waals surface area contributed by atoms with E-state index in [1.165, 1.54) is 38.0 Å². The van der Waals surface area contributed by atoms with E-state index in [4.69, 9.17) is 4.74 Å². The number of rotatable bonds is 9. The van der Waals surface area contributed by atoms with Crippen LogP contribution in [-0.2, 0) is 4.74 Å². The molecular weight excluding hydrogens is 220 g/mol. The van der Waals surface area contributed by atoms with Gasteiger partial charge in [-0.1, -0.05) is 6.42 Å². The quantitative estimate of drug-likeness (QED) is 0.604. The predicted molar refractivity (Wildman–Crippen MR) is 72.3 cm³/mol. The van der Waals surface area contributed by atoms with Crippen LogP contribution in [-0.4, -0.2) is 50.9 Å².